The Hall–Kier alpha value is -1.79. The number of carbonyl (C=O) groups is 2. The summed E-state index contributed by atoms with van der Waals surface area (Å²) in [6, 6.07) is 4.56. The third-order valence-corrected chi connectivity index (χ3v) is 5.40. The number of benzene rings is 1. The second kappa shape index (κ2) is 8.27. The Labute approximate surface area is 158 Å². The van der Waals surface area contributed by atoms with E-state index < -0.39 is 17.5 Å². The molecule has 144 valence electrons. The number of carbonyl (C=O) groups excluding carboxylic acids is 1. The summed E-state index contributed by atoms with van der Waals surface area (Å²) in [4.78, 5) is 26.1. The molecule has 0 aliphatic carbocycles. The van der Waals surface area contributed by atoms with Gasteiger partial charge < -0.3 is 20.2 Å². The zero-order valence-corrected chi connectivity index (χ0v) is 15.9. The van der Waals surface area contributed by atoms with Gasteiger partial charge in [0.15, 0.2) is 0 Å². The van der Waals surface area contributed by atoms with E-state index in [-0.39, 0.29) is 36.1 Å². The molecule has 0 bridgehead atoms. The highest BCUT2D eigenvalue weighted by atomic mass is 35.5. The summed E-state index contributed by atoms with van der Waals surface area (Å²) in [5.41, 5.74) is -0.683. The molecule has 1 aliphatic heterocycles. The molecule has 7 heteroatoms. The van der Waals surface area contributed by atoms with Crippen LogP contribution in [0.15, 0.2) is 18.2 Å². The molecule has 0 saturated carbocycles. The lowest BCUT2D eigenvalue weighted by Crippen LogP contribution is -2.57. The summed E-state index contributed by atoms with van der Waals surface area (Å²) in [6.45, 7) is 4.33. The van der Waals surface area contributed by atoms with Crippen LogP contribution in [-0.4, -0.2) is 51.3 Å². The van der Waals surface area contributed by atoms with E-state index in [0.717, 1.165) is 0 Å². The number of phenolic OH excluding ortho intramolecular Hbond substituents is 1. The van der Waals surface area contributed by atoms with Crippen LogP contribution in [0.2, 0.25) is 5.02 Å². The molecule has 26 heavy (non-hydrogen) atoms. The number of halogens is 1. The Balaban J connectivity index is 2.14. The zero-order valence-electron chi connectivity index (χ0n) is 15.1. The molecule has 1 fully saturated rings. The number of carboxylic acid groups (broad SMARTS) is 1. The van der Waals surface area contributed by atoms with Crippen molar-refractivity contribution in [2.24, 2.45) is 11.3 Å². The average molecular weight is 384 g/mol. The number of aliphatic hydroxyl groups excluding tert-OH is 1. The Kier molecular flexibility index (Phi) is 6.53. The van der Waals surface area contributed by atoms with Crippen molar-refractivity contribution in [2.75, 3.05) is 13.1 Å². The van der Waals surface area contributed by atoms with Gasteiger partial charge in [0.25, 0.3) is 0 Å². The molecular weight excluding hydrogens is 358 g/mol. The number of aromatic hydroxyl groups is 1. The molecule has 1 aromatic carbocycles. The van der Waals surface area contributed by atoms with Crippen LogP contribution < -0.4 is 0 Å². The highest BCUT2D eigenvalue weighted by Gasteiger charge is 2.49. The summed E-state index contributed by atoms with van der Waals surface area (Å²) in [6.07, 6.45) is 0.336. The minimum atomic E-state index is -1.33. The van der Waals surface area contributed by atoms with Crippen LogP contribution in [0, 0.1) is 11.3 Å². The largest absolute Gasteiger partial charge is 0.506 e. The van der Waals surface area contributed by atoms with Gasteiger partial charge in [-0.1, -0.05) is 31.5 Å². The Morgan fingerprint density at radius 1 is 1.38 bits per heavy atom. The number of phenols is 1. The third kappa shape index (κ3) is 4.48. The summed E-state index contributed by atoms with van der Waals surface area (Å²) in [5, 5.41) is 29.8. The number of hydrogen-bond acceptors (Lipinski definition) is 4. The van der Waals surface area contributed by atoms with Crippen LogP contribution in [0.1, 0.15) is 38.7 Å². The van der Waals surface area contributed by atoms with Crippen LogP contribution in [0.3, 0.4) is 0 Å². The van der Waals surface area contributed by atoms with Gasteiger partial charge >= 0.3 is 5.97 Å². The minimum Gasteiger partial charge on any atom is -0.506 e. The lowest BCUT2D eigenvalue weighted by atomic mass is 9.72. The van der Waals surface area contributed by atoms with Gasteiger partial charge in [0.05, 0.1) is 17.5 Å². The molecular formula is C19H26ClNO5. The number of aliphatic carboxylic acids is 1. The first kappa shape index (κ1) is 20.5. The molecule has 3 N–H and O–H groups in total. The van der Waals surface area contributed by atoms with E-state index in [2.05, 4.69) is 0 Å². The zero-order chi connectivity index (χ0) is 19.5. The fraction of sp³-hybridized carbons (Fsp3) is 0.579. The minimum absolute atomic E-state index is 0.000862. The first-order chi connectivity index (χ1) is 12.2. The van der Waals surface area contributed by atoms with E-state index in [0.29, 0.717) is 30.9 Å². The summed E-state index contributed by atoms with van der Waals surface area (Å²) >= 11 is 5.87. The second-order valence-electron chi connectivity index (χ2n) is 7.48. The highest BCUT2D eigenvalue weighted by Crippen LogP contribution is 2.37. The Morgan fingerprint density at radius 2 is 2.08 bits per heavy atom. The lowest BCUT2D eigenvalue weighted by molar-refractivity contribution is -0.167. The van der Waals surface area contributed by atoms with E-state index in [9.17, 15) is 24.9 Å². The predicted octanol–water partition coefficient (Wildman–Crippen LogP) is 2.69. The van der Waals surface area contributed by atoms with Crippen LogP contribution in [0.4, 0.5) is 0 Å². The number of aliphatic hydroxyl groups is 1. The van der Waals surface area contributed by atoms with Gasteiger partial charge in [-0.2, -0.15) is 0 Å². The topological polar surface area (TPSA) is 98.1 Å². The quantitative estimate of drug-likeness (QED) is 0.701. The fourth-order valence-electron chi connectivity index (χ4n) is 3.35. The molecule has 1 heterocycles. The van der Waals surface area contributed by atoms with Gasteiger partial charge in [-0.3, -0.25) is 9.59 Å². The molecule has 0 spiro atoms. The predicted molar refractivity (Wildman–Crippen MR) is 98.2 cm³/mol. The van der Waals surface area contributed by atoms with Gasteiger partial charge in [-0.25, -0.2) is 0 Å². The Bertz CT molecular complexity index is 678. The number of piperidine rings is 1. The van der Waals surface area contributed by atoms with Crippen molar-refractivity contribution in [2.45, 2.75) is 45.6 Å². The number of nitrogens with zero attached hydrogens (tertiary/aromatic N) is 1. The van der Waals surface area contributed by atoms with Crippen molar-refractivity contribution in [3.63, 3.8) is 0 Å². The molecule has 0 aromatic heterocycles. The maximum atomic E-state index is 12.7. The standard InChI is InChI=1S/C19H26ClNO5/c1-12(2)5-7-19(18(25)26)11-21(8-6-16(19)23)17(24)10-13-3-4-15(22)14(20)9-13/h3-4,9,12,16,22-23H,5-8,10-11H2,1-2H3,(H,25,26)/t16-,19-/m1/s1. The van der Waals surface area contributed by atoms with E-state index in [1.54, 1.807) is 6.07 Å². The fourth-order valence-corrected chi connectivity index (χ4v) is 3.55. The van der Waals surface area contributed by atoms with Crippen LogP contribution in [0.5, 0.6) is 5.75 Å². The summed E-state index contributed by atoms with van der Waals surface area (Å²) in [7, 11) is 0. The van der Waals surface area contributed by atoms with Gasteiger partial charge in [0.1, 0.15) is 11.2 Å². The van der Waals surface area contributed by atoms with Crippen LogP contribution in [-0.2, 0) is 16.0 Å². The second-order valence-corrected chi connectivity index (χ2v) is 7.88. The van der Waals surface area contributed by atoms with E-state index in [1.165, 1.54) is 17.0 Å². The van der Waals surface area contributed by atoms with E-state index in [1.807, 2.05) is 13.8 Å². The van der Waals surface area contributed by atoms with Gasteiger partial charge in [-0.05, 0) is 42.9 Å². The first-order valence-corrected chi connectivity index (χ1v) is 9.20. The number of hydrogen-bond donors (Lipinski definition) is 3. The van der Waals surface area contributed by atoms with E-state index in [4.69, 9.17) is 11.6 Å². The summed E-state index contributed by atoms with van der Waals surface area (Å²) < 4.78 is 0. The molecule has 1 aliphatic rings. The normalized spacial score (nSPS) is 23.3. The molecule has 1 saturated heterocycles. The number of amides is 1. The third-order valence-electron chi connectivity index (χ3n) is 5.10. The maximum Gasteiger partial charge on any atom is 0.314 e. The maximum absolute atomic E-state index is 12.7. The van der Waals surface area contributed by atoms with Gasteiger partial charge in [0, 0.05) is 13.1 Å². The van der Waals surface area contributed by atoms with Crippen molar-refractivity contribution in [3.8, 4) is 5.75 Å². The van der Waals surface area contributed by atoms with Crippen molar-refractivity contribution < 1.29 is 24.9 Å². The molecule has 0 radical (unpaired) electrons. The Morgan fingerprint density at radius 3 is 2.65 bits per heavy atom. The molecule has 2 atom stereocenters. The van der Waals surface area contributed by atoms with Gasteiger partial charge in [0.2, 0.25) is 5.91 Å². The van der Waals surface area contributed by atoms with Crippen molar-refractivity contribution in [3.05, 3.63) is 28.8 Å². The van der Waals surface area contributed by atoms with Crippen molar-refractivity contribution in [1.82, 2.24) is 4.90 Å². The van der Waals surface area contributed by atoms with Gasteiger partial charge in [-0.15, -0.1) is 0 Å². The van der Waals surface area contributed by atoms with Crippen molar-refractivity contribution >= 4 is 23.5 Å². The first-order valence-electron chi connectivity index (χ1n) is 8.82. The number of likely N-dealkylation sites (tertiary alicyclic amines) is 1. The SMILES string of the molecule is CC(C)CC[C@@]1(C(=O)O)CN(C(=O)Cc2ccc(O)c(Cl)c2)CC[C@H]1O. The smallest absolute Gasteiger partial charge is 0.314 e. The molecule has 6 nitrogen and oxygen atoms in total. The van der Waals surface area contributed by atoms with Crippen LogP contribution in [0.25, 0.3) is 0 Å². The van der Waals surface area contributed by atoms with Crippen molar-refractivity contribution in [1.29, 1.82) is 0 Å². The average Bonchev–Trinajstić information content (AvgIpc) is 2.57. The number of carboxylic acids is 1. The summed E-state index contributed by atoms with van der Waals surface area (Å²) in [5.74, 6) is -1.02. The van der Waals surface area contributed by atoms with Crippen LogP contribution >= 0.6 is 11.6 Å². The monoisotopic (exact) mass is 383 g/mol. The lowest BCUT2D eigenvalue weighted by Gasteiger charge is -2.43. The molecule has 0 unspecified atom stereocenters. The molecule has 1 aromatic rings. The highest BCUT2D eigenvalue weighted by molar-refractivity contribution is 6.32. The van der Waals surface area contributed by atoms with E-state index >= 15 is 0 Å². The molecule has 2 rings (SSSR count). The number of rotatable bonds is 6. The molecule has 1 amide bonds.